The van der Waals surface area contributed by atoms with Crippen LogP contribution in [0, 0.1) is 5.82 Å². The number of ketones is 1. The lowest BCUT2D eigenvalue weighted by molar-refractivity contribution is 0.0967. The minimum absolute atomic E-state index is 0.0436. The number of Topliss-reactive ketones (excluding diaryl/α,β-unsaturated/α-hetero) is 1. The fourth-order valence-corrected chi connectivity index (χ4v) is 2.06. The van der Waals surface area contributed by atoms with Crippen LogP contribution < -0.4 is 0 Å². The van der Waals surface area contributed by atoms with Gasteiger partial charge in [-0.2, -0.15) is 0 Å². The van der Waals surface area contributed by atoms with E-state index in [0.717, 1.165) is 0 Å². The SMILES string of the molecule is O=C(Cc1cccc(F)c1)c1cnc(-c2ccc(O)cc2)o1. The molecule has 4 nitrogen and oxygen atoms in total. The first-order chi connectivity index (χ1) is 10.6. The molecule has 1 heterocycles. The fraction of sp³-hybridized carbons (Fsp3) is 0.0588. The summed E-state index contributed by atoms with van der Waals surface area (Å²) in [5.41, 5.74) is 1.23. The molecule has 2 aromatic carbocycles. The van der Waals surface area contributed by atoms with Crippen molar-refractivity contribution in [2.75, 3.05) is 0 Å². The smallest absolute Gasteiger partial charge is 0.226 e. The minimum atomic E-state index is -0.382. The summed E-state index contributed by atoms with van der Waals surface area (Å²) in [4.78, 5) is 16.2. The Balaban J connectivity index is 1.78. The van der Waals surface area contributed by atoms with Crippen LogP contribution in [0.1, 0.15) is 16.1 Å². The number of carbonyl (C=O) groups is 1. The molecule has 3 rings (SSSR count). The van der Waals surface area contributed by atoms with Crippen molar-refractivity contribution >= 4 is 5.78 Å². The number of benzene rings is 2. The molecule has 0 aliphatic rings. The topological polar surface area (TPSA) is 63.3 Å². The molecule has 22 heavy (non-hydrogen) atoms. The van der Waals surface area contributed by atoms with Gasteiger partial charge in [-0.15, -0.1) is 0 Å². The Bertz CT molecular complexity index is 809. The third-order valence-electron chi connectivity index (χ3n) is 3.15. The van der Waals surface area contributed by atoms with E-state index in [1.165, 1.54) is 30.5 Å². The van der Waals surface area contributed by atoms with Gasteiger partial charge in [0.25, 0.3) is 0 Å². The van der Waals surface area contributed by atoms with Crippen molar-refractivity contribution in [1.29, 1.82) is 0 Å². The predicted molar refractivity (Wildman–Crippen MR) is 78.0 cm³/mol. The molecule has 0 saturated heterocycles. The van der Waals surface area contributed by atoms with E-state index in [-0.39, 0.29) is 29.5 Å². The third kappa shape index (κ3) is 3.03. The van der Waals surface area contributed by atoms with E-state index in [1.807, 2.05) is 0 Å². The van der Waals surface area contributed by atoms with Crippen molar-refractivity contribution in [3.63, 3.8) is 0 Å². The van der Waals surface area contributed by atoms with Crippen molar-refractivity contribution in [1.82, 2.24) is 4.98 Å². The molecule has 0 spiro atoms. The number of hydrogen-bond acceptors (Lipinski definition) is 4. The molecule has 3 aromatic rings. The highest BCUT2D eigenvalue weighted by atomic mass is 19.1. The zero-order chi connectivity index (χ0) is 15.5. The molecule has 110 valence electrons. The zero-order valence-electron chi connectivity index (χ0n) is 11.5. The number of phenols is 1. The molecular formula is C17H12FNO3. The van der Waals surface area contributed by atoms with Crippen LogP contribution >= 0.6 is 0 Å². The van der Waals surface area contributed by atoms with Gasteiger partial charge in [-0.1, -0.05) is 12.1 Å². The lowest BCUT2D eigenvalue weighted by Crippen LogP contribution is -2.02. The van der Waals surface area contributed by atoms with E-state index in [9.17, 15) is 14.3 Å². The summed E-state index contributed by atoms with van der Waals surface area (Å²) in [6.07, 6.45) is 1.39. The molecule has 0 atom stereocenters. The van der Waals surface area contributed by atoms with Crippen molar-refractivity contribution in [3.05, 3.63) is 71.9 Å². The number of oxazole rings is 1. The monoisotopic (exact) mass is 297 g/mol. The van der Waals surface area contributed by atoms with Crippen LogP contribution in [0.4, 0.5) is 4.39 Å². The Kier molecular flexibility index (Phi) is 3.70. The second-order valence-corrected chi connectivity index (χ2v) is 4.81. The highest BCUT2D eigenvalue weighted by Gasteiger charge is 2.14. The summed E-state index contributed by atoms with van der Waals surface area (Å²) in [5.74, 6) is -0.108. The van der Waals surface area contributed by atoms with E-state index in [4.69, 9.17) is 4.42 Å². The Morgan fingerprint density at radius 2 is 1.95 bits per heavy atom. The van der Waals surface area contributed by atoms with Gasteiger partial charge in [0, 0.05) is 12.0 Å². The standard InChI is InChI=1S/C17H12FNO3/c18-13-3-1-2-11(8-13)9-15(21)16-10-19-17(22-16)12-4-6-14(20)7-5-12/h1-8,10,20H,9H2. The maximum Gasteiger partial charge on any atom is 0.226 e. The minimum Gasteiger partial charge on any atom is -0.508 e. The molecule has 5 heteroatoms. The number of carbonyl (C=O) groups excluding carboxylic acids is 1. The molecule has 1 N–H and O–H groups in total. The van der Waals surface area contributed by atoms with E-state index < -0.39 is 0 Å². The van der Waals surface area contributed by atoms with Crippen LogP contribution in [-0.2, 0) is 6.42 Å². The summed E-state index contributed by atoms with van der Waals surface area (Å²) in [5, 5.41) is 9.25. The summed E-state index contributed by atoms with van der Waals surface area (Å²) < 4.78 is 18.5. The molecular weight excluding hydrogens is 285 g/mol. The molecule has 0 aliphatic heterocycles. The molecule has 0 saturated carbocycles. The Labute approximate surface area is 125 Å². The fourth-order valence-electron chi connectivity index (χ4n) is 2.06. The van der Waals surface area contributed by atoms with Gasteiger partial charge in [0.2, 0.25) is 11.7 Å². The normalized spacial score (nSPS) is 10.6. The number of halogens is 1. The molecule has 0 radical (unpaired) electrons. The van der Waals surface area contributed by atoms with Crippen LogP contribution in [0.15, 0.2) is 59.1 Å². The van der Waals surface area contributed by atoms with Gasteiger partial charge in [-0.05, 0) is 42.0 Å². The second-order valence-electron chi connectivity index (χ2n) is 4.81. The highest BCUT2D eigenvalue weighted by Crippen LogP contribution is 2.22. The number of aromatic hydroxyl groups is 1. The summed E-state index contributed by atoms with van der Waals surface area (Å²) in [6, 6.07) is 12.2. The van der Waals surface area contributed by atoms with Crippen LogP contribution in [0.3, 0.4) is 0 Å². The van der Waals surface area contributed by atoms with Gasteiger partial charge in [0.15, 0.2) is 5.76 Å². The number of phenolic OH excluding ortho intramolecular Hbond substituents is 1. The molecule has 0 aliphatic carbocycles. The number of nitrogens with zero attached hydrogens (tertiary/aromatic N) is 1. The molecule has 0 unspecified atom stereocenters. The number of aromatic nitrogens is 1. The zero-order valence-corrected chi connectivity index (χ0v) is 11.5. The first-order valence-electron chi connectivity index (χ1n) is 6.65. The van der Waals surface area contributed by atoms with Crippen molar-refractivity contribution in [3.8, 4) is 17.2 Å². The summed E-state index contributed by atoms with van der Waals surface area (Å²) >= 11 is 0. The van der Waals surface area contributed by atoms with E-state index in [0.29, 0.717) is 17.0 Å². The van der Waals surface area contributed by atoms with Crippen molar-refractivity contribution < 1.29 is 18.7 Å². The van der Waals surface area contributed by atoms with Gasteiger partial charge >= 0.3 is 0 Å². The number of rotatable bonds is 4. The maximum atomic E-state index is 13.1. The van der Waals surface area contributed by atoms with Gasteiger partial charge in [-0.3, -0.25) is 4.79 Å². The number of hydrogen-bond donors (Lipinski definition) is 1. The van der Waals surface area contributed by atoms with Gasteiger partial charge in [-0.25, -0.2) is 9.37 Å². The lowest BCUT2D eigenvalue weighted by atomic mass is 10.1. The first-order valence-corrected chi connectivity index (χ1v) is 6.65. The van der Waals surface area contributed by atoms with Crippen LogP contribution in [0.2, 0.25) is 0 Å². The van der Waals surface area contributed by atoms with Gasteiger partial charge < -0.3 is 9.52 Å². The second kappa shape index (κ2) is 5.81. The Morgan fingerprint density at radius 1 is 1.18 bits per heavy atom. The molecule has 1 aromatic heterocycles. The lowest BCUT2D eigenvalue weighted by Gasteiger charge is -1.99. The van der Waals surface area contributed by atoms with Crippen molar-refractivity contribution in [2.24, 2.45) is 0 Å². The third-order valence-corrected chi connectivity index (χ3v) is 3.15. The summed E-state index contributed by atoms with van der Waals surface area (Å²) in [7, 11) is 0. The predicted octanol–water partition coefficient (Wildman–Crippen LogP) is 3.61. The quantitative estimate of drug-likeness (QED) is 0.747. The Morgan fingerprint density at radius 3 is 2.68 bits per heavy atom. The van der Waals surface area contributed by atoms with E-state index in [1.54, 1.807) is 24.3 Å². The average Bonchev–Trinajstić information content (AvgIpc) is 2.98. The average molecular weight is 297 g/mol. The van der Waals surface area contributed by atoms with Gasteiger partial charge in [0.05, 0.1) is 6.20 Å². The van der Waals surface area contributed by atoms with E-state index in [2.05, 4.69) is 4.98 Å². The first kappa shape index (κ1) is 14.0. The molecule has 0 amide bonds. The Hall–Kier alpha value is -2.95. The summed E-state index contributed by atoms with van der Waals surface area (Å²) in [6.45, 7) is 0. The van der Waals surface area contributed by atoms with E-state index >= 15 is 0 Å². The highest BCUT2D eigenvalue weighted by molar-refractivity contribution is 5.95. The maximum absolute atomic E-state index is 13.1. The largest absolute Gasteiger partial charge is 0.508 e. The van der Waals surface area contributed by atoms with Crippen molar-refractivity contribution in [2.45, 2.75) is 6.42 Å². The molecule has 0 bridgehead atoms. The van der Waals surface area contributed by atoms with Crippen LogP contribution in [0.25, 0.3) is 11.5 Å². The molecule has 0 fully saturated rings. The van der Waals surface area contributed by atoms with Crippen LogP contribution in [0.5, 0.6) is 5.75 Å². The van der Waals surface area contributed by atoms with Crippen LogP contribution in [-0.4, -0.2) is 15.9 Å². The van der Waals surface area contributed by atoms with Gasteiger partial charge in [0.1, 0.15) is 11.6 Å².